The van der Waals surface area contributed by atoms with Gasteiger partial charge in [-0.15, -0.1) is 0 Å². The molecule has 0 bridgehead atoms. The van der Waals surface area contributed by atoms with E-state index in [9.17, 15) is 35.1 Å². The van der Waals surface area contributed by atoms with Gasteiger partial charge in [-0.2, -0.15) is 0 Å². The third kappa shape index (κ3) is 6.62. The number of carboxylic acid groups (broad SMARTS) is 1. The van der Waals surface area contributed by atoms with Gasteiger partial charge in [0.15, 0.2) is 0 Å². The molecule has 6 atom stereocenters. The van der Waals surface area contributed by atoms with E-state index >= 15 is 0 Å². The summed E-state index contributed by atoms with van der Waals surface area (Å²) in [6.07, 6.45) is -8.06. The van der Waals surface area contributed by atoms with Crippen molar-refractivity contribution in [2.75, 3.05) is 6.61 Å². The lowest BCUT2D eigenvalue weighted by Crippen LogP contribution is -2.60. The summed E-state index contributed by atoms with van der Waals surface area (Å²) in [4.78, 5) is 22.4. The van der Waals surface area contributed by atoms with E-state index in [4.69, 9.17) is 19.3 Å². The summed E-state index contributed by atoms with van der Waals surface area (Å²) in [6.45, 7) is 0.532. The van der Waals surface area contributed by atoms with Crippen LogP contribution in [-0.2, 0) is 25.7 Å². The highest BCUT2D eigenvalue weighted by Gasteiger charge is 2.44. The minimum absolute atomic E-state index is 0.123. The molecule has 11 heteroatoms. The predicted molar refractivity (Wildman–Crippen MR) is 98.1 cm³/mol. The van der Waals surface area contributed by atoms with Crippen molar-refractivity contribution in [3.63, 3.8) is 0 Å². The largest absolute Gasteiger partial charge is 0.481 e. The molecule has 0 spiro atoms. The summed E-state index contributed by atoms with van der Waals surface area (Å²) in [6, 6.07) is 6.10. The van der Waals surface area contributed by atoms with Crippen LogP contribution in [0, 0.1) is 0 Å². The maximum Gasteiger partial charge on any atom is 0.309 e. The van der Waals surface area contributed by atoms with Gasteiger partial charge in [-0.3, -0.25) is 9.59 Å². The monoisotopic (exact) mass is 430 g/mol. The number of rotatable bonds is 9. The summed E-state index contributed by atoms with van der Waals surface area (Å²) < 4.78 is 15.7. The average molecular weight is 430 g/mol. The molecule has 1 heterocycles. The van der Waals surface area contributed by atoms with Crippen molar-refractivity contribution < 1.29 is 54.4 Å². The average Bonchev–Trinajstić information content (AvgIpc) is 2.66. The molecule has 168 valence electrons. The Labute approximate surface area is 172 Å². The third-order valence-electron chi connectivity index (χ3n) is 4.48. The normalized spacial score (nSPS) is 28.4. The summed E-state index contributed by atoms with van der Waals surface area (Å²) in [5, 5.41) is 57.2. The van der Waals surface area contributed by atoms with Gasteiger partial charge in [0.05, 0.1) is 25.0 Å². The molecule has 0 aliphatic carbocycles. The van der Waals surface area contributed by atoms with Gasteiger partial charge >= 0.3 is 11.9 Å². The van der Waals surface area contributed by atoms with Crippen LogP contribution >= 0.6 is 0 Å². The van der Waals surface area contributed by atoms with E-state index < -0.39 is 67.7 Å². The molecular weight excluding hydrogens is 404 g/mol. The first-order valence-electron chi connectivity index (χ1n) is 9.18. The number of esters is 1. The number of benzene rings is 1. The number of hydrogen-bond donors (Lipinski definition) is 6. The first-order chi connectivity index (χ1) is 14.0. The molecule has 6 N–H and O–H groups in total. The molecule has 1 aromatic carbocycles. The van der Waals surface area contributed by atoms with Gasteiger partial charge in [0.1, 0.15) is 36.8 Å². The molecule has 1 aliphatic heterocycles. The summed E-state index contributed by atoms with van der Waals surface area (Å²) in [5.74, 6) is -1.75. The van der Waals surface area contributed by atoms with Gasteiger partial charge in [-0.05, 0) is 24.6 Å². The van der Waals surface area contributed by atoms with E-state index in [2.05, 4.69) is 0 Å². The molecule has 0 aromatic heterocycles. The molecular formula is C19H26O11. The molecule has 1 unspecified atom stereocenters. The van der Waals surface area contributed by atoms with Crippen molar-refractivity contribution in [2.45, 2.75) is 62.7 Å². The quantitative estimate of drug-likeness (QED) is 0.251. The molecule has 30 heavy (non-hydrogen) atoms. The van der Waals surface area contributed by atoms with Crippen LogP contribution in [0.5, 0.6) is 5.75 Å². The van der Waals surface area contributed by atoms with Crippen molar-refractivity contribution in [1.29, 1.82) is 0 Å². The minimum Gasteiger partial charge on any atom is -0.481 e. The highest BCUT2D eigenvalue weighted by molar-refractivity contribution is 5.73. The zero-order chi connectivity index (χ0) is 22.5. The van der Waals surface area contributed by atoms with E-state index in [0.717, 1.165) is 0 Å². The van der Waals surface area contributed by atoms with E-state index in [0.29, 0.717) is 5.56 Å². The van der Waals surface area contributed by atoms with Crippen molar-refractivity contribution >= 4 is 11.9 Å². The molecule has 11 nitrogen and oxygen atoms in total. The topological polar surface area (TPSA) is 183 Å². The Morgan fingerprint density at radius 3 is 2.27 bits per heavy atom. The number of aliphatic hydroxyl groups is 5. The lowest BCUT2D eigenvalue weighted by molar-refractivity contribution is -0.277. The Bertz CT molecular complexity index is 716. The molecule has 0 saturated carbocycles. The second-order valence-corrected chi connectivity index (χ2v) is 7.36. The zero-order valence-corrected chi connectivity index (χ0v) is 16.2. The lowest BCUT2D eigenvalue weighted by Gasteiger charge is -2.39. The van der Waals surface area contributed by atoms with Gasteiger partial charge in [0.2, 0.25) is 6.29 Å². The Balaban J connectivity index is 1.88. The van der Waals surface area contributed by atoms with E-state index in [1.807, 2.05) is 0 Å². The van der Waals surface area contributed by atoms with E-state index in [1.54, 1.807) is 12.1 Å². The molecule has 2 rings (SSSR count). The van der Waals surface area contributed by atoms with Crippen molar-refractivity contribution in [3.8, 4) is 5.75 Å². The fourth-order valence-corrected chi connectivity index (χ4v) is 2.88. The molecule has 0 amide bonds. The summed E-state index contributed by atoms with van der Waals surface area (Å²) >= 11 is 0. The molecule has 1 fully saturated rings. The molecule has 1 aromatic rings. The Hall–Kier alpha value is -2.28. The molecule has 1 aliphatic rings. The van der Waals surface area contributed by atoms with Gasteiger partial charge < -0.3 is 44.8 Å². The Morgan fingerprint density at radius 1 is 1.07 bits per heavy atom. The number of aliphatic hydroxyl groups excluding tert-OH is 4. The second-order valence-electron chi connectivity index (χ2n) is 7.36. The Kier molecular flexibility index (Phi) is 8.12. The Morgan fingerprint density at radius 2 is 1.70 bits per heavy atom. The van der Waals surface area contributed by atoms with Crippen LogP contribution in [0.15, 0.2) is 24.3 Å². The predicted octanol–water partition coefficient (Wildman–Crippen LogP) is -1.48. The maximum atomic E-state index is 11.8. The minimum atomic E-state index is -1.72. The van der Waals surface area contributed by atoms with Crippen molar-refractivity contribution in [2.24, 2.45) is 0 Å². The number of carbonyl (C=O) groups is 2. The first-order valence-corrected chi connectivity index (χ1v) is 9.18. The van der Waals surface area contributed by atoms with E-state index in [-0.39, 0.29) is 12.4 Å². The highest BCUT2D eigenvalue weighted by atomic mass is 16.7. The summed E-state index contributed by atoms with van der Waals surface area (Å²) in [5.41, 5.74) is -1.14. The fourth-order valence-electron chi connectivity index (χ4n) is 2.88. The van der Waals surface area contributed by atoms with Crippen LogP contribution in [0.25, 0.3) is 0 Å². The van der Waals surface area contributed by atoms with Crippen LogP contribution in [0.1, 0.15) is 25.3 Å². The van der Waals surface area contributed by atoms with Crippen LogP contribution < -0.4 is 4.74 Å². The van der Waals surface area contributed by atoms with Crippen molar-refractivity contribution in [3.05, 3.63) is 29.8 Å². The van der Waals surface area contributed by atoms with Crippen LogP contribution in [0.3, 0.4) is 0 Å². The number of carboxylic acids is 1. The lowest BCUT2D eigenvalue weighted by atomic mass is 9.98. The van der Waals surface area contributed by atoms with Gasteiger partial charge in [0.25, 0.3) is 0 Å². The van der Waals surface area contributed by atoms with Crippen LogP contribution in [-0.4, -0.2) is 85.5 Å². The van der Waals surface area contributed by atoms with Crippen LogP contribution in [0.2, 0.25) is 0 Å². The van der Waals surface area contributed by atoms with Gasteiger partial charge in [-0.1, -0.05) is 12.1 Å². The first kappa shape index (κ1) is 24.0. The van der Waals surface area contributed by atoms with Crippen LogP contribution in [0.4, 0.5) is 0 Å². The zero-order valence-electron chi connectivity index (χ0n) is 16.2. The number of ether oxygens (including phenoxy) is 3. The number of aliphatic carboxylic acids is 1. The van der Waals surface area contributed by atoms with Gasteiger partial charge in [0, 0.05) is 0 Å². The smallest absolute Gasteiger partial charge is 0.309 e. The maximum absolute atomic E-state index is 11.8. The number of hydrogen-bond acceptors (Lipinski definition) is 10. The van der Waals surface area contributed by atoms with E-state index in [1.165, 1.54) is 19.1 Å². The second kappa shape index (κ2) is 10.2. The number of carbonyl (C=O) groups excluding carboxylic acids is 1. The SMILES string of the molecule is CC(O)(CC(=O)O)CC(=O)OCc1ccc(O[C@@H]2O[C@H](CO)[C@@H](O)[C@H](O)[C@H]2O)cc1. The standard InChI is InChI=1S/C19H26O11/c1-19(27,6-13(21)22)7-14(23)28-9-10-2-4-11(5-3-10)29-18-17(26)16(25)15(24)12(8-20)30-18/h2-5,12,15-18,20,24-27H,6-9H2,1H3,(H,21,22)/t12-,15-,16+,17-,18-,19?/m1/s1. The highest BCUT2D eigenvalue weighted by Crippen LogP contribution is 2.24. The molecule has 0 radical (unpaired) electrons. The molecule has 1 saturated heterocycles. The van der Waals surface area contributed by atoms with Crippen molar-refractivity contribution in [1.82, 2.24) is 0 Å². The summed E-state index contributed by atoms with van der Waals surface area (Å²) in [7, 11) is 0. The third-order valence-corrected chi connectivity index (χ3v) is 4.48. The fraction of sp³-hybridized carbons (Fsp3) is 0.579. The van der Waals surface area contributed by atoms with Gasteiger partial charge in [-0.25, -0.2) is 0 Å².